The molecule has 2 aromatic rings. The molecule has 1 saturated heterocycles. The van der Waals surface area contributed by atoms with Crippen molar-refractivity contribution >= 4 is 24.0 Å². The number of amides is 2. The number of nitrogens with zero attached hydrogens (tertiary/aromatic N) is 4. The van der Waals surface area contributed by atoms with Crippen LogP contribution in [0, 0.1) is 13.8 Å². The van der Waals surface area contributed by atoms with Gasteiger partial charge in [0.1, 0.15) is 5.69 Å². The number of aromatic nitrogens is 2. The maximum Gasteiger partial charge on any atom is 0.274 e. The molecule has 0 saturated carbocycles. The molecule has 1 aliphatic rings. The van der Waals surface area contributed by atoms with Gasteiger partial charge in [0.15, 0.2) is 0 Å². The summed E-state index contributed by atoms with van der Waals surface area (Å²) in [6.07, 6.45) is 2.45. The fourth-order valence-corrected chi connectivity index (χ4v) is 2.84. The normalized spacial score (nSPS) is 14.3. The molecule has 1 aromatic heterocycles. The summed E-state index contributed by atoms with van der Waals surface area (Å²) in [7, 11) is 0. The zero-order valence-corrected chi connectivity index (χ0v) is 14.4. The van der Waals surface area contributed by atoms with Crippen molar-refractivity contribution in [2.24, 2.45) is 0 Å². The van der Waals surface area contributed by atoms with Crippen LogP contribution in [0.4, 0.5) is 11.6 Å². The van der Waals surface area contributed by atoms with Crippen molar-refractivity contribution in [1.82, 2.24) is 14.9 Å². The van der Waals surface area contributed by atoms with Gasteiger partial charge in [-0.05, 0) is 31.0 Å². The third-order valence-electron chi connectivity index (χ3n) is 4.34. The Morgan fingerprint density at radius 3 is 2.44 bits per heavy atom. The number of hydrogen-bond donors (Lipinski definition) is 1. The van der Waals surface area contributed by atoms with Crippen molar-refractivity contribution in [2.45, 2.75) is 13.8 Å². The van der Waals surface area contributed by atoms with Gasteiger partial charge in [0.25, 0.3) is 5.91 Å². The molecule has 1 aliphatic heterocycles. The highest BCUT2D eigenvalue weighted by Crippen LogP contribution is 2.20. The minimum Gasteiger partial charge on any atom is -0.342 e. The topological polar surface area (TPSA) is 78.4 Å². The molecular weight excluding hydrogens is 318 g/mol. The minimum atomic E-state index is -0.257. The Hall–Kier alpha value is -2.96. The van der Waals surface area contributed by atoms with Crippen LogP contribution in [-0.2, 0) is 4.79 Å². The van der Waals surface area contributed by atoms with Crippen LogP contribution in [0.1, 0.15) is 21.6 Å². The van der Waals surface area contributed by atoms with Gasteiger partial charge in [-0.25, -0.2) is 9.97 Å². The largest absolute Gasteiger partial charge is 0.342 e. The molecule has 0 spiro atoms. The van der Waals surface area contributed by atoms with E-state index in [1.807, 2.05) is 36.9 Å². The number of rotatable bonds is 4. The van der Waals surface area contributed by atoms with Gasteiger partial charge in [0.05, 0.1) is 0 Å². The van der Waals surface area contributed by atoms with Gasteiger partial charge >= 0.3 is 0 Å². The number of carbonyl (C=O) groups excluding carboxylic acids is 2. The van der Waals surface area contributed by atoms with E-state index >= 15 is 0 Å². The van der Waals surface area contributed by atoms with Gasteiger partial charge in [-0.3, -0.25) is 9.59 Å². The number of piperazine rings is 1. The number of para-hydroxylation sites is 1. The molecule has 1 N–H and O–H groups in total. The first-order valence-corrected chi connectivity index (χ1v) is 8.23. The average Bonchev–Trinajstić information content (AvgIpc) is 2.65. The Kier molecular flexibility index (Phi) is 4.92. The number of aryl methyl sites for hydroxylation is 2. The van der Waals surface area contributed by atoms with Crippen LogP contribution in [0.25, 0.3) is 0 Å². The zero-order valence-electron chi connectivity index (χ0n) is 14.4. The van der Waals surface area contributed by atoms with Crippen molar-refractivity contribution in [3.8, 4) is 0 Å². The van der Waals surface area contributed by atoms with Crippen LogP contribution in [0.5, 0.6) is 0 Å². The molecular formula is C18H21N5O2. The Labute approximate surface area is 146 Å². The molecule has 2 amide bonds. The summed E-state index contributed by atoms with van der Waals surface area (Å²) >= 11 is 0. The first-order valence-electron chi connectivity index (χ1n) is 8.23. The summed E-state index contributed by atoms with van der Waals surface area (Å²) in [5, 5.41) is 2.94. The number of anilines is 2. The Morgan fingerprint density at radius 2 is 1.80 bits per heavy atom. The van der Waals surface area contributed by atoms with Crippen molar-refractivity contribution < 1.29 is 9.59 Å². The Morgan fingerprint density at radius 1 is 1.12 bits per heavy atom. The molecule has 7 heteroatoms. The highest BCUT2D eigenvalue weighted by Gasteiger charge is 2.19. The zero-order chi connectivity index (χ0) is 17.8. The predicted octanol–water partition coefficient (Wildman–Crippen LogP) is 1.62. The van der Waals surface area contributed by atoms with Crippen LogP contribution in [0.2, 0.25) is 0 Å². The fourth-order valence-electron chi connectivity index (χ4n) is 2.84. The molecule has 2 heterocycles. The van der Waals surface area contributed by atoms with E-state index in [0.717, 1.165) is 23.2 Å². The molecule has 1 fully saturated rings. The van der Waals surface area contributed by atoms with Crippen LogP contribution >= 0.6 is 0 Å². The molecule has 0 unspecified atom stereocenters. The first-order chi connectivity index (χ1) is 12.1. The predicted molar refractivity (Wildman–Crippen MR) is 95.8 cm³/mol. The van der Waals surface area contributed by atoms with Crippen LogP contribution < -0.4 is 10.2 Å². The standard InChI is InChI=1S/C18H21N5O2/c1-13-4-3-5-14(2)16(13)21-17(25)15-6-7-19-18(20-15)23-10-8-22(12-24)9-11-23/h3-7,12H,8-11H2,1-2H3,(H,21,25). The van der Waals surface area contributed by atoms with E-state index < -0.39 is 0 Å². The maximum absolute atomic E-state index is 12.6. The van der Waals surface area contributed by atoms with E-state index in [1.54, 1.807) is 17.2 Å². The SMILES string of the molecule is Cc1cccc(C)c1NC(=O)c1ccnc(N2CCN(C=O)CC2)n1. The van der Waals surface area contributed by atoms with E-state index in [9.17, 15) is 9.59 Å². The Bertz CT molecular complexity index is 765. The lowest BCUT2D eigenvalue weighted by atomic mass is 10.1. The lowest BCUT2D eigenvalue weighted by molar-refractivity contribution is -0.118. The molecule has 0 atom stereocenters. The van der Waals surface area contributed by atoms with Crippen molar-refractivity contribution in [1.29, 1.82) is 0 Å². The van der Waals surface area contributed by atoms with Crippen LogP contribution in [0.3, 0.4) is 0 Å². The fraction of sp³-hybridized carbons (Fsp3) is 0.333. The van der Waals surface area contributed by atoms with Gasteiger partial charge in [-0.2, -0.15) is 0 Å². The maximum atomic E-state index is 12.6. The molecule has 0 radical (unpaired) electrons. The van der Waals surface area contributed by atoms with E-state index in [-0.39, 0.29) is 5.91 Å². The Balaban J connectivity index is 1.75. The molecule has 25 heavy (non-hydrogen) atoms. The highest BCUT2D eigenvalue weighted by atomic mass is 16.2. The van der Waals surface area contributed by atoms with E-state index in [1.165, 1.54) is 0 Å². The van der Waals surface area contributed by atoms with Crippen molar-refractivity contribution in [2.75, 3.05) is 36.4 Å². The molecule has 0 bridgehead atoms. The second-order valence-corrected chi connectivity index (χ2v) is 6.09. The van der Waals surface area contributed by atoms with Crippen molar-refractivity contribution in [3.63, 3.8) is 0 Å². The summed E-state index contributed by atoms with van der Waals surface area (Å²) in [6.45, 7) is 6.49. The van der Waals surface area contributed by atoms with Gasteiger partial charge in [-0.1, -0.05) is 18.2 Å². The number of nitrogens with one attached hydrogen (secondary N) is 1. The summed E-state index contributed by atoms with van der Waals surface area (Å²) in [5.41, 5.74) is 3.15. The smallest absolute Gasteiger partial charge is 0.274 e. The number of hydrogen-bond acceptors (Lipinski definition) is 5. The van der Waals surface area contributed by atoms with Crippen LogP contribution in [-0.4, -0.2) is 53.4 Å². The van der Waals surface area contributed by atoms with Gasteiger partial charge in [0, 0.05) is 38.1 Å². The van der Waals surface area contributed by atoms with E-state index in [4.69, 9.17) is 0 Å². The summed E-state index contributed by atoms with van der Waals surface area (Å²) in [6, 6.07) is 7.48. The van der Waals surface area contributed by atoms with E-state index in [2.05, 4.69) is 15.3 Å². The first kappa shape index (κ1) is 16.9. The van der Waals surface area contributed by atoms with Gasteiger partial charge in [-0.15, -0.1) is 0 Å². The summed E-state index contributed by atoms with van der Waals surface area (Å²) in [5.74, 6) is 0.257. The minimum absolute atomic E-state index is 0.257. The molecule has 0 aliphatic carbocycles. The van der Waals surface area contributed by atoms with E-state index in [0.29, 0.717) is 37.8 Å². The third-order valence-corrected chi connectivity index (χ3v) is 4.34. The lowest BCUT2D eigenvalue weighted by Gasteiger charge is -2.32. The van der Waals surface area contributed by atoms with Crippen molar-refractivity contribution in [3.05, 3.63) is 47.3 Å². The number of benzene rings is 1. The second-order valence-electron chi connectivity index (χ2n) is 6.09. The highest BCUT2D eigenvalue weighted by molar-refractivity contribution is 6.03. The number of carbonyl (C=O) groups is 2. The summed E-state index contributed by atoms with van der Waals surface area (Å²) in [4.78, 5) is 35.7. The molecule has 1 aromatic carbocycles. The molecule has 3 rings (SSSR count). The third kappa shape index (κ3) is 3.76. The molecule has 7 nitrogen and oxygen atoms in total. The van der Waals surface area contributed by atoms with Gasteiger partial charge < -0.3 is 15.1 Å². The lowest BCUT2D eigenvalue weighted by Crippen LogP contribution is -2.46. The summed E-state index contributed by atoms with van der Waals surface area (Å²) < 4.78 is 0. The monoisotopic (exact) mass is 339 g/mol. The molecule has 130 valence electrons. The van der Waals surface area contributed by atoms with Crippen LogP contribution in [0.15, 0.2) is 30.5 Å². The second kappa shape index (κ2) is 7.29. The average molecular weight is 339 g/mol. The quantitative estimate of drug-likeness (QED) is 0.857. The van der Waals surface area contributed by atoms with Gasteiger partial charge in [0.2, 0.25) is 12.4 Å².